The zero-order chi connectivity index (χ0) is 20.6. The van der Waals surface area contributed by atoms with Gasteiger partial charge in [0.05, 0.1) is 11.6 Å². The third-order valence-electron chi connectivity index (χ3n) is 4.21. The molecule has 2 N–H and O–H groups in total. The summed E-state index contributed by atoms with van der Waals surface area (Å²) in [6.45, 7) is 2.57. The molecule has 3 rings (SSSR count). The number of nitrogens with one attached hydrogen (secondary N) is 2. The van der Waals surface area contributed by atoms with Gasteiger partial charge in [-0.05, 0) is 70.4 Å². The maximum absolute atomic E-state index is 12.1. The molecule has 150 valence electrons. The Bertz CT molecular complexity index is 977. The Kier molecular flexibility index (Phi) is 7.14. The van der Waals surface area contributed by atoms with Crippen molar-refractivity contribution in [1.82, 2.24) is 0 Å². The van der Waals surface area contributed by atoms with Gasteiger partial charge in [0.15, 0.2) is 18.1 Å². The summed E-state index contributed by atoms with van der Waals surface area (Å²) in [5.41, 5.74) is 4.00. The van der Waals surface area contributed by atoms with Crippen molar-refractivity contribution in [3.63, 3.8) is 0 Å². The molecule has 0 aliphatic carbocycles. The number of para-hydroxylation sites is 1. The first-order chi connectivity index (χ1) is 14.0. The van der Waals surface area contributed by atoms with Gasteiger partial charge in [0.2, 0.25) is 0 Å². The van der Waals surface area contributed by atoms with Crippen LogP contribution < -0.4 is 20.1 Å². The molecule has 0 heterocycles. The fourth-order valence-corrected chi connectivity index (χ4v) is 3.43. The first kappa shape index (κ1) is 20.7. The number of methoxy groups -OCH3 is 1. The van der Waals surface area contributed by atoms with E-state index in [-0.39, 0.29) is 12.5 Å². The molecule has 6 heteroatoms. The van der Waals surface area contributed by atoms with E-state index >= 15 is 0 Å². The number of anilines is 2. The van der Waals surface area contributed by atoms with Crippen molar-refractivity contribution >= 4 is 33.2 Å². The van der Waals surface area contributed by atoms with Gasteiger partial charge in [-0.1, -0.05) is 30.3 Å². The maximum Gasteiger partial charge on any atom is 0.262 e. The van der Waals surface area contributed by atoms with Gasteiger partial charge in [-0.25, -0.2) is 0 Å². The highest BCUT2D eigenvalue weighted by Gasteiger charge is 2.14. The Morgan fingerprint density at radius 1 is 1.00 bits per heavy atom. The van der Waals surface area contributed by atoms with Crippen LogP contribution in [0.25, 0.3) is 0 Å². The highest BCUT2D eigenvalue weighted by Crippen LogP contribution is 2.37. The Balaban J connectivity index is 1.64. The minimum absolute atomic E-state index is 0.120. The molecule has 0 radical (unpaired) electrons. The SMILES string of the molecule is COc1cc(CNc2cccc(C)c2)cc(Br)c1OCC(=O)Nc1ccccc1. The second-order valence-corrected chi connectivity index (χ2v) is 7.39. The van der Waals surface area contributed by atoms with Crippen LogP contribution >= 0.6 is 15.9 Å². The minimum Gasteiger partial charge on any atom is -0.493 e. The van der Waals surface area contributed by atoms with Crippen LogP contribution in [0.5, 0.6) is 11.5 Å². The maximum atomic E-state index is 12.1. The largest absolute Gasteiger partial charge is 0.493 e. The number of rotatable bonds is 8. The van der Waals surface area contributed by atoms with Crippen LogP contribution in [0.4, 0.5) is 11.4 Å². The molecule has 0 fully saturated rings. The number of amides is 1. The van der Waals surface area contributed by atoms with Crippen LogP contribution in [0.2, 0.25) is 0 Å². The van der Waals surface area contributed by atoms with Crippen molar-refractivity contribution in [2.24, 2.45) is 0 Å². The number of carbonyl (C=O) groups excluding carboxylic acids is 1. The summed E-state index contributed by atoms with van der Waals surface area (Å²) in [6, 6.07) is 21.3. The molecule has 0 atom stereocenters. The van der Waals surface area contributed by atoms with E-state index in [2.05, 4.69) is 45.6 Å². The van der Waals surface area contributed by atoms with Gasteiger partial charge < -0.3 is 20.1 Å². The number of benzene rings is 3. The molecular formula is C23H23BrN2O3. The lowest BCUT2D eigenvalue weighted by atomic mass is 10.2. The quantitative estimate of drug-likeness (QED) is 0.478. The first-order valence-electron chi connectivity index (χ1n) is 9.20. The second-order valence-electron chi connectivity index (χ2n) is 6.53. The molecular weight excluding hydrogens is 432 g/mol. The van der Waals surface area contributed by atoms with Gasteiger partial charge in [0.25, 0.3) is 5.91 Å². The van der Waals surface area contributed by atoms with Crippen molar-refractivity contribution in [1.29, 1.82) is 0 Å². The van der Waals surface area contributed by atoms with Gasteiger partial charge in [0, 0.05) is 17.9 Å². The molecule has 5 nitrogen and oxygen atoms in total. The van der Waals surface area contributed by atoms with Crippen molar-refractivity contribution in [3.05, 3.63) is 82.3 Å². The van der Waals surface area contributed by atoms with E-state index in [4.69, 9.17) is 9.47 Å². The lowest BCUT2D eigenvalue weighted by Crippen LogP contribution is -2.20. The highest BCUT2D eigenvalue weighted by atomic mass is 79.9. The van der Waals surface area contributed by atoms with E-state index in [1.165, 1.54) is 5.56 Å². The fourth-order valence-electron chi connectivity index (χ4n) is 2.83. The standard InChI is InChI=1S/C23H23BrN2O3/c1-16-7-6-10-19(11-16)25-14-17-12-20(24)23(21(13-17)28-2)29-15-22(27)26-18-8-4-3-5-9-18/h3-13,25H,14-15H2,1-2H3,(H,26,27). The molecule has 0 saturated carbocycles. The lowest BCUT2D eigenvalue weighted by Gasteiger charge is -2.15. The zero-order valence-electron chi connectivity index (χ0n) is 16.4. The molecule has 1 amide bonds. The van der Waals surface area contributed by atoms with E-state index in [1.54, 1.807) is 7.11 Å². The van der Waals surface area contributed by atoms with E-state index in [0.29, 0.717) is 18.0 Å². The second kappa shape index (κ2) is 9.98. The molecule has 0 bridgehead atoms. The molecule has 0 aromatic heterocycles. The summed E-state index contributed by atoms with van der Waals surface area (Å²) >= 11 is 3.53. The van der Waals surface area contributed by atoms with Gasteiger partial charge in [-0.3, -0.25) is 4.79 Å². The number of ether oxygens (including phenoxy) is 2. The molecule has 3 aromatic carbocycles. The summed E-state index contributed by atoms with van der Waals surface area (Å²) in [5.74, 6) is 0.818. The van der Waals surface area contributed by atoms with E-state index in [1.807, 2.05) is 54.6 Å². The van der Waals surface area contributed by atoms with E-state index in [0.717, 1.165) is 21.4 Å². The van der Waals surface area contributed by atoms with Gasteiger partial charge in [0.1, 0.15) is 0 Å². The van der Waals surface area contributed by atoms with E-state index < -0.39 is 0 Å². The van der Waals surface area contributed by atoms with Crippen LogP contribution in [0.15, 0.2) is 71.2 Å². The van der Waals surface area contributed by atoms with Crippen LogP contribution in [0.1, 0.15) is 11.1 Å². The summed E-state index contributed by atoms with van der Waals surface area (Å²) in [7, 11) is 1.58. The average Bonchev–Trinajstić information content (AvgIpc) is 2.72. The predicted molar refractivity (Wildman–Crippen MR) is 120 cm³/mol. The average molecular weight is 455 g/mol. The molecule has 3 aromatic rings. The van der Waals surface area contributed by atoms with Crippen molar-refractivity contribution < 1.29 is 14.3 Å². The third kappa shape index (κ3) is 5.99. The minimum atomic E-state index is -0.240. The number of carbonyl (C=O) groups is 1. The molecule has 0 aliphatic heterocycles. The molecule has 0 unspecified atom stereocenters. The monoisotopic (exact) mass is 454 g/mol. The Hall–Kier alpha value is -2.99. The summed E-state index contributed by atoms with van der Waals surface area (Å²) in [6.07, 6.45) is 0. The van der Waals surface area contributed by atoms with Crippen molar-refractivity contribution in [3.8, 4) is 11.5 Å². The molecule has 0 aliphatic rings. The van der Waals surface area contributed by atoms with Crippen LogP contribution in [0, 0.1) is 6.92 Å². The fraction of sp³-hybridized carbons (Fsp3) is 0.174. The van der Waals surface area contributed by atoms with Crippen molar-refractivity contribution in [2.45, 2.75) is 13.5 Å². The smallest absolute Gasteiger partial charge is 0.262 e. The molecule has 0 saturated heterocycles. The van der Waals surface area contributed by atoms with E-state index in [9.17, 15) is 4.79 Å². The molecule has 29 heavy (non-hydrogen) atoms. The summed E-state index contributed by atoms with van der Waals surface area (Å²) in [5, 5.41) is 6.19. The zero-order valence-corrected chi connectivity index (χ0v) is 18.0. The van der Waals surface area contributed by atoms with Crippen molar-refractivity contribution in [2.75, 3.05) is 24.4 Å². The first-order valence-corrected chi connectivity index (χ1v) is 9.99. The molecule has 0 spiro atoms. The van der Waals surface area contributed by atoms with Gasteiger partial charge in [-0.15, -0.1) is 0 Å². The van der Waals surface area contributed by atoms with Crippen LogP contribution in [0.3, 0.4) is 0 Å². The third-order valence-corrected chi connectivity index (χ3v) is 4.80. The normalized spacial score (nSPS) is 10.3. The number of hydrogen-bond donors (Lipinski definition) is 2. The van der Waals surface area contributed by atoms with Gasteiger partial charge >= 0.3 is 0 Å². The number of hydrogen-bond acceptors (Lipinski definition) is 4. The Morgan fingerprint density at radius 2 is 1.76 bits per heavy atom. The van der Waals surface area contributed by atoms with Crippen LogP contribution in [-0.4, -0.2) is 19.6 Å². The number of aryl methyl sites for hydroxylation is 1. The topological polar surface area (TPSA) is 59.6 Å². The Morgan fingerprint density at radius 3 is 2.48 bits per heavy atom. The number of halogens is 1. The lowest BCUT2D eigenvalue weighted by molar-refractivity contribution is -0.118. The predicted octanol–water partition coefficient (Wildman–Crippen LogP) is 5.40. The van der Waals surface area contributed by atoms with Gasteiger partial charge in [-0.2, -0.15) is 0 Å². The van der Waals surface area contributed by atoms with Crippen LogP contribution in [-0.2, 0) is 11.3 Å². The highest BCUT2D eigenvalue weighted by molar-refractivity contribution is 9.10. The summed E-state index contributed by atoms with van der Waals surface area (Å²) in [4.78, 5) is 12.1. The Labute approximate surface area is 179 Å². The summed E-state index contributed by atoms with van der Waals surface area (Å²) < 4.78 is 11.9.